The van der Waals surface area contributed by atoms with Gasteiger partial charge in [0, 0.05) is 23.2 Å². The van der Waals surface area contributed by atoms with Crippen molar-refractivity contribution >= 4 is 33.5 Å². The molecule has 0 saturated carbocycles. The number of hydrogen-bond donors (Lipinski definition) is 3. The molecule has 3 N–H and O–H groups in total. The number of hydrogen-bond acceptors (Lipinski definition) is 3. The van der Waals surface area contributed by atoms with Crippen LogP contribution in [0.3, 0.4) is 0 Å². The number of rotatable bonds is 3. The molecular formula is C17H15N5O2. The maximum atomic E-state index is 12.5. The number of H-pyrrole nitrogens is 2. The van der Waals surface area contributed by atoms with E-state index in [2.05, 4.69) is 20.4 Å². The summed E-state index contributed by atoms with van der Waals surface area (Å²) in [5.41, 5.74) is 3.13. The van der Waals surface area contributed by atoms with Crippen LogP contribution < -0.4 is 11.0 Å². The molecule has 2 aromatic carbocycles. The van der Waals surface area contributed by atoms with Gasteiger partial charge in [0.15, 0.2) is 0 Å². The van der Waals surface area contributed by atoms with E-state index in [1.807, 2.05) is 29.8 Å². The summed E-state index contributed by atoms with van der Waals surface area (Å²) in [5.74, 6) is -0.235. The van der Waals surface area contributed by atoms with E-state index in [-0.39, 0.29) is 11.6 Å². The zero-order valence-corrected chi connectivity index (χ0v) is 13.0. The van der Waals surface area contributed by atoms with Gasteiger partial charge in [-0.25, -0.2) is 4.79 Å². The Morgan fingerprint density at radius 2 is 2.00 bits per heavy atom. The molecular weight excluding hydrogens is 306 g/mol. The quantitative estimate of drug-likeness (QED) is 0.541. The van der Waals surface area contributed by atoms with Gasteiger partial charge >= 0.3 is 5.69 Å². The van der Waals surface area contributed by atoms with Crippen LogP contribution in [0, 0.1) is 0 Å². The molecule has 0 aliphatic heterocycles. The molecule has 2 heterocycles. The lowest BCUT2D eigenvalue weighted by Crippen LogP contribution is -2.11. The second-order valence-electron chi connectivity index (χ2n) is 5.53. The van der Waals surface area contributed by atoms with Crippen LogP contribution in [0.2, 0.25) is 0 Å². The minimum Gasteiger partial charge on any atom is -0.322 e. The summed E-state index contributed by atoms with van der Waals surface area (Å²) in [4.78, 5) is 29.1. The Hall–Kier alpha value is -3.35. The lowest BCUT2D eigenvalue weighted by molar-refractivity contribution is 0.102. The number of aromatic nitrogens is 4. The predicted molar refractivity (Wildman–Crippen MR) is 92.3 cm³/mol. The normalized spacial score (nSPS) is 11.2. The summed E-state index contributed by atoms with van der Waals surface area (Å²) >= 11 is 0. The highest BCUT2D eigenvalue weighted by atomic mass is 16.2. The van der Waals surface area contributed by atoms with Gasteiger partial charge in [-0.1, -0.05) is 0 Å². The van der Waals surface area contributed by atoms with Crippen molar-refractivity contribution in [2.24, 2.45) is 0 Å². The lowest BCUT2D eigenvalue weighted by atomic mass is 10.1. The first-order valence-electron chi connectivity index (χ1n) is 7.63. The number of carbonyl (C=O) groups excluding carboxylic acids is 1. The van der Waals surface area contributed by atoms with Gasteiger partial charge in [0.05, 0.1) is 22.7 Å². The van der Waals surface area contributed by atoms with E-state index in [1.54, 1.807) is 24.4 Å². The van der Waals surface area contributed by atoms with Crippen LogP contribution in [-0.2, 0) is 6.54 Å². The van der Waals surface area contributed by atoms with Crippen LogP contribution in [0.25, 0.3) is 21.9 Å². The van der Waals surface area contributed by atoms with E-state index >= 15 is 0 Å². The molecule has 0 aliphatic rings. The van der Waals surface area contributed by atoms with Crippen molar-refractivity contribution in [3.8, 4) is 0 Å². The largest absolute Gasteiger partial charge is 0.323 e. The number of carbonyl (C=O) groups is 1. The van der Waals surface area contributed by atoms with Crippen molar-refractivity contribution in [2.75, 3.05) is 5.32 Å². The topological polar surface area (TPSA) is 95.6 Å². The molecule has 1 amide bonds. The monoisotopic (exact) mass is 321 g/mol. The molecule has 4 aromatic rings. The number of nitrogens with zero attached hydrogens (tertiary/aromatic N) is 2. The molecule has 0 unspecified atom stereocenters. The summed E-state index contributed by atoms with van der Waals surface area (Å²) < 4.78 is 1.88. The van der Waals surface area contributed by atoms with Gasteiger partial charge in [0.25, 0.3) is 5.91 Å². The van der Waals surface area contributed by atoms with Crippen molar-refractivity contribution in [1.29, 1.82) is 0 Å². The third-order valence-electron chi connectivity index (χ3n) is 3.98. The number of aromatic amines is 2. The molecule has 7 heteroatoms. The van der Waals surface area contributed by atoms with E-state index in [9.17, 15) is 9.59 Å². The van der Waals surface area contributed by atoms with Gasteiger partial charge in [-0.15, -0.1) is 0 Å². The van der Waals surface area contributed by atoms with Crippen molar-refractivity contribution in [3.63, 3.8) is 0 Å². The van der Waals surface area contributed by atoms with Crippen molar-refractivity contribution < 1.29 is 4.79 Å². The number of benzene rings is 2. The SMILES string of the molecule is CCn1ncc2ccc(NC(=O)c3ccc4[nH]c(=O)[nH]c4c3)cc21. The van der Waals surface area contributed by atoms with E-state index in [0.717, 1.165) is 17.4 Å². The standard InChI is InChI=1S/C17H15N5O2/c1-2-22-15-8-12(5-3-11(15)9-18-22)19-16(23)10-4-6-13-14(7-10)21-17(24)20-13/h3-9H,2H2,1H3,(H,19,23)(H2,20,21,24). The first-order valence-corrected chi connectivity index (χ1v) is 7.63. The van der Waals surface area contributed by atoms with Crippen LogP contribution in [0.4, 0.5) is 5.69 Å². The van der Waals surface area contributed by atoms with Crippen LogP contribution in [-0.4, -0.2) is 25.7 Å². The molecule has 0 fully saturated rings. The van der Waals surface area contributed by atoms with Gasteiger partial charge in [-0.2, -0.15) is 5.10 Å². The molecule has 7 nitrogen and oxygen atoms in total. The Kier molecular flexibility index (Phi) is 3.19. The number of aryl methyl sites for hydroxylation is 1. The number of nitrogens with one attached hydrogen (secondary N) is 3. The average Bonchev–Trinajstić information content (AvgIpc) is 3.15. The number of anilines is 1. The van der Waals surface area contributed by atoms with Crippen molar-refractivity contribution in [3.05, 3.63) is 58.6 Å². The number of imidazole rings is 1. The zero-order valence-electron chi connectivity index (χ0n) is 13.0. The first-order chi connectivity index (χ1) is 11.6. The van der Waals surface area contributed by atoms with Gasteiger partial charge in [-0.3, -0.25) is 9.48 Å². The lowest BCUT2D eigenvalue weighted by Gasteiger charge is -2.06. The van der Waals surface area contributed by atoms with Crippen LogP contribution in [0.15, 0.2) is 47.4 Å². The first kappa shape index (κ1) is 14.3. The highest BCUT2D eigenvalue weighted by Gasteiger charge is 2.10. The Labute approximate surface area is 136 Å². The van der Waals surface area contributed by atoms with Crippen LogP contribution >= 0.6 is 0 Å². The van der Waals surface area contributed by atoms with Gasteiger partial charge < -0.3 is 15.3 Å². The van der Waals surface area contributed by atoms with E-state index in [1.165, 1.54) is 0 Å². The van der Waals surface area contributed by atoms with Crippen molar-refractivity contribution in [2.45, 2.75) is 13.5 Å². The molecule has 0 atom stereocenters. The Balaban J connectivity index is 1.65. The van der Waals surface area contributed by atoms with Gasteiger partial charge in [-0.05, 0) is 43.3 Å². The number of fused-ring (bicyclic) bond motifs is 2. The summed E-state index contributed by atoms with van der Waals surface area (Å²) in [6.07, 6.45) is 1.81. The van der Waals surface area contributed by atoms with Crippen molar-refractivity contribution in [1.82, 2.24) is 19.7 Å². The molecule has 0 aliphatic carbocycles. The maximum Gasteiger partial charge on any atom is 0.323 e. The molecule has 0 bridgehead atoms. The van der Waals surface area contributed by atoms with E-state index < -0.39 is 0 Å². The fourth-order valence-electron chi connectivity index (χ4n) is 2.78. The Morgan fingerprint density at radius 1 is 1.17 bits per heavy atom. The highest BCUT2D eigenvalue weighted by Crippen LogP contribution is 2.20. The van der Waals surface area contributed by atoms with E-state index in [4.69, 9.17) is 0 Å². The summed E-state index contributed by atoms with van der Waals surface area (Å²) in [5, 5.41) is 8.21. The molecule has 120 valence electrons. The molecule has 2 aromatic heterocycles. The zero-order chi connectivity index (χ0) is 16.7. The highest BCUT2D eigenvalue weighted by molar-refractivity contribution is 6.06. The molecule has 4 rings (SSSR count). The minimum atomic E-state index is -0.291. The van der Waals surface area contributed by atoms with Crippen LogP contribution in [0.5, 0.6) is 0 Å². The summed E-state index contributed by atoms with van der Waals surface area (Å²) in [6, 6.07) is 10.7. The number of amides is 1. The second kappa shape index (κ2) is 5.38. The summed E-state index contributed by atoms with van der Waals surface area (Å²) in [7, 11) is 0. The maximum absolute atomic E-state index is 12.5. The molecule has 0 spiro atoms. The Morgan fingerprint density at radius 3 is 2.83 bits per heavy atom. The third kappa shape index (κ3) is 2.36. The molecule has 0 saturated heterocycles. The minimum absolute atomic E-state index is 0.235. The van der Waals surface area contributed by atoms with Gasteiger partial charge in [0.2, 0.25) is 0 Å². The predicted octanol–water partition coefficient (Wildman–Crippen LogP) is 2.48. The average molecular weight is 321 g/mol. The summed E-state index contributed by atoms with van der Waals surface area (Å²) in [6.45, 7) is 2.78. The third-order valence-corrected chi connectivity index (χ3v) is 3.98. The second-order valence-corrected chi connectivity index (χ2v) is 5.53. The molecule has 0 radical (unpaired) electrons. The Bertz CT molecular complexity index is 1120. The van der Waals surface area contributed by atoms with Gasteiger partial charge in [0.1, 0.15) is 0 Å². The fraction of sp³-hybridized carbons (Fsp3) is 0.118. The molecule has 24 heavy (non-hydrogen) atoms. The van der Waals surface area contributed by atoms with E-state index in [0.29, 0.717) is 22.3 Å². The smallest absolute Gasteiger partial charge is 0.322 e. The van der Waals surface area contributed by atoms with Crippen LogP contribution in [0.1, 0.15) is 17.3 Å². The fourth-order valence-corrected chi connectivity index (χ4v) is 2.78.